The monoisotopic (exact) mass is 338 g/mol. The van der Waals surface area contributed by atoms with Crippen LogP contribution in [0, 0.1) is 0 Å². The van der Waals surface area contributed by atoms with Gasteiger partial charge in [0.25, 0.3) is 0 Å². The summed E-state index contributed by atoms with van der Waals surface area (Å²) < 4.78 is 5.31. The van der Waals surface area contributed by atoms with Crippen molar-refractivity contribution in [1.82, 2.24) is 4.90 Å². The first kappa shape index (κ1) is 16.3. The Morgan fingerprint density at radius 3 is 2.68 bits per heavy atom. The summed E-state index contributed by atoms with van der Waals surface area (Å²) in [5, 5.41) is 8.72. The molecule has 2 atom stereocenters. The Morgan fingerprint density at radius 1 is 1.53 bits per heavy atom. The van der Waals surface area contributed by atoms with Gasteiger partial charge in [-0.25, -0.2) is 0 Å². The van der Waals surface area contributed by atoms with E-state index in [9.17, 15) is 9.59 Å². The molecule has 0 aromatic heterocycles. The molecular formula is C12H22N2O4Se. The van der Waals surface area contributed by atoms with Gasteiger partial charge in [0.2, 0.25) is 0 Å². The predicted octanol–water partition coefficient (Wildman–Crippen LogP) is 0.879. The maximum atomic E-state index is 11.8. The van der Waals surface area contributed by atoms with E-state index >= 15 is 0 Å². The molecule has 19 heavy (non-hydrogen) atoms. The van der Waals surface area contributed by atoms with Gasteiger partial charge in [0.15, 0.2) is 0 Å². The van der Waals surface area contributed by atoms with E-state index in [-0.39, 0.29) is 6.09 Å². The van der Waals surface area contributed by atoms with Crippen molar-refractivity contribution in [2.24, 2.45) is 5.73 Å². The minimum atomic E-state index is -0.963. The second-order valence-electron chi connectivity index (χ2n) is 5.64. The van der Waals surface area contributed by atoms with Crippen LogP contribution in [0.1, 0.15) is 33.6 Å². The van der Waals surface area contributed by atoms with Crippen LogP contribution in [-0.2, 0) is 9.53 Å². The van der Waals surface area contributed by atoms with Gasteiger partial charge in [0.05, 0.1) is 0 Å². The second kappa shape index (κ2) is 6.59. The van der Waals surface area contributed by atoms with Crippen molar-refractivity contribution in [3.63, 3.8) is 0 Å². The minimum absolute atomic E-state index is 0.278. The summed E-state index contributed by atoms with van der Waals surface area (Å²) in [7, 11) is 0. The predicted molar refractivity (Wildman–Crippen MR) is 72.2 cm³/mol. The van der Waals surface area contributed by atoms with Crippen LogP contribution in [0.3, 0.4) is 0 Å². The van der Waals surface area contributed by atoms with Crippen molar-refractivity contribution in [1.29, 1.82) is 0 Å². The van der Waals surface area contributed by atoms with Gasteiger partial charge in [-0.3, -0.25) is 0 Å². The molecule has 0 spiro atoms. The molecule has 7 heteroatoms. The van der Waals surface area contributed by atoms with Crippen molar-refractivity contribution >= 4 is 27.0 Å². The molecule has 0 bridgehead atoms. The van der Waals surface area contributed by atoms with Gasteiger partial charge in [-0.2, -0.15) is 0 Å². The van der Waals surface area contributed by atoms with Gasteiger partial charge in [-0.1, -0.05) is 0 Å². The molecule has 0 radical (unpaired) electrons. The van der Waals surface area contributed by atoms with Gasteiger partial charge in [-0.05, 0) is 0 Å². The first-order valence-corrected chi connectivity index (χ1v) is 8.47. The Bertz CT molecular complexity index is 343. The third-order valence-corrected chi connectivity index (χ3v) is 5.42. The van der Waals surface area contributed by atoms with Gasteiger partial charge in [-0.15, -0.1) is 0 Å². The fraction of sp³-hybridized carbons (Fsp3) is 0.833. The number of carboxylic acids is 1. The molecule has 1 aliphatic heterocycles. The van der Waals surface area contributed by atoms with Gasteiger partial charge in [0, 0.05) is 0 Å². The molecule has 0 aliphatic carbocycles. The Labute approximate surface area is 119 Å². The van der Waals surface area contributed by atoms with Crippen LogP contribution in [0.15, 0.2) is 0 Å². The Morgan fingerprint density at radius 2 is 2.16 bits per heavy atom. The molecule has 0 aromatic rings. The van der Waals surface area contributed by atoms with E-state index in [1.807, 2.05) is 20.8 Å². The summed E-state index contributed by atoms with van der Waals surface area (Å²) in [5.74, 6) is -0.963. The molecule has 3 N–H and O–H groups in total. The Balaban J connectivity index is 2.33. The number of nitrogens with zero attached hydrogens (tertiary/aromatic N) is 1. The van der Waals surface area contributed by atoms with E-state index in [0.717, 1.165) is 11.9 Å². The van der Waals surface area contributed by atoms with Crippen LogP contribution in [0.25, 0.3) is 0 Å². The number of amides is 1. The Hall–Kier alpha value is -0.781. The molecule has 0 aromatic carbocycles. The van der Waals surface area contributed by atoms with Crippen molar-refractivity contribution in [2.45, 2.75) is 50.1 Å². The Kier molecular flexibility index (Phi) is 5.64. The van der Waals surface area contributed by atoms with E-state index < -0.39 is 17.6 Å². The fourth-order valence-corrected chi connectivity index (χ4v) is 4.16. The molecule has 1 unspecified atom stereocenters. The third kappa shape index (κ3) is 5.80. The van der Waals surface area contributed by atoms with Crippen LogP contribution in [-0.4, -0.2) is 60.7 Å². The molecule has 1 amide bonds. The number of ether oxygens (including phenoxy) is 1. The van der Waals surface area contributed by atoms with E-state index in [1.54, 1.807) is 4.90 Å². The van der Waals surface area contributed by atoms with E-state index in [0.29, 0.717) is 32.7 Å². The third-order valence-electron chi connectivity index (χ3n) is 2.66. The molecule has 110 valence electrons. The number of carboxylic acid groups (broad SMARTS) is 1. The zero-order valence-corrected chi connectivity index (χ0v) is 13.3. The fourth-order valence-electron chi connectivity index (χ4n) is 1.66. The number of hydrogen-bond acceptors (Lipinski definition) is 4. The molecule has 1 rings (SSSR count). The van der Waals surface area contributed by atoms with Crippen LogP contribution in [0.2, 0.25) is 4.82 Å². The number of carbonyl (C=O) groups is 2. The molecule has 1 heterocycles. The maximum absolute atomic E-state index is 11.8. The summed E-state index contributed by atoms with van der Waals surface area (Å²) in [6, 6.07) is -0.800. The average Bonchev–Trinajstić information content (AvgIpc) is 2.71. The average molecular weight is 337 g/mol. The summed E-state index contributed by atoms with van der Waals surface area (Å²) >= 11 is 0.315. The molecule has 0 saturated carbocycles. The SMILES string of the molecule is CC(C)(C)OC(=O)N1C[Se]C(CC[C@H](N)C(=O)O)C1. The van der Waals surface area contributed by atoms with Crippen LogP contribution in [0.5, 0.6) is 0 Å². The summed E-state index contributed by atoms with van der Waals surface area (Å²) in [5.41, 5.74) is 5.73. The van der Waals surface area contributed by atoms with Gasteiger partial charge >= 0.3 is 119 Å². The van der Waals surface area contributed by atoms with Crippen LogP contribution < -0.4 is 5.73 Å². The zero-order valence-electron chi connectivity index (χ0n) is 11.6. The first-order valence-electron chi connectivity index (χ1n) is 6.27. The van der Waals surface area contributed by atoms with Crippen molar-refractivity contribution in [3.05, 3.63) is 0 Å². The normalized spacial score (nSPS) is 21.3. The van der Waals surface area contributed by atoms with Gasteiger partial charge in [0.1, 0.15) is 0 Å². The topological polar surface area (TPSA) is 92.9 Å². The van der Waals surface area contributed by atoms with Crippen LogP contribution in [0.4, 0.5) is 4.79 Å². The summed E-state index contributed by atoms with van der Waals surface area (Å²) in [6.07, 6.45) is 0.941. The zero-order chi connectivity index (χ0) is 14.6. The molecule has 1 saturated heterocycles. The number of hydrogen-bond donors (Lipinski definition) is 2. The van der Waals surface area contributed by atoms with E-state index in [2.05, 4.69) is 0 Å². The molecule has 1 aliphatic rings. The van der Waals surface area contributed by atoms with Gasteiger partial charge < -0.3 is 0 Å². The van der Waals surface area contributed by atoms with Crippen LogP contribution >= 0.6 is 0 Å². The second-order valence-corrected chi connectivity index (χ2v) is 8.28. The summed E-state index contributed by atoms with van der Waals surface area (Å²) in [4.78, 5) is 24.6. The quantitative estimate of drug-likeness (QED) is 0.743. The number of rotatable bonds is 4. The van der Waals surface area contributed by atoms with E-state index in [4.69, 9.17) is 15.6 Å². The molecule has 6 nitrogen and oxygen atoms in total. The van der Waals surface area contributed by atoms with Crippen molar-refractivity contribution in [2.75, 3.05) is 12.0 Å². The summed E-state index contributed by atoms with van der Waals surface area (Å²) in [6.45, 7) is 6.18. The number of aliphatic carboxylic acids is 1. The van der Waals surface area contributed by atoms with E-state index in [1.165, 1.54) is 0 Å². The first-order chi connectivity index (χ1) is 8.69. The molecular weight excluding hydrogens is 315 g/mol. The molecule has 1 fully saturated rings. The van der Waals surface area contributed by atoms with Crippen molar-refractivity contribution < 1.29 is 19.4 Å². The standard InChI is InChI=1S/C12H22N2O4Se/c1-12(2,3)18-11(17)14-6-8(19-7-14)4-5-9(13)10(15)16/h8-9H,4-7,13H2,1-3H3,(H,15,16)/t8?,9-/m0/s1. The van der Waals surface area contributed by atoms with Crippen molar-refractivity contribution in [3.8, 4) is 0 Å². The number of nitrogens with two attached hydrogens (primary N) is 1. The number of carbonyl (C=O) groups excluding carboxylic acids is 1.